The largest absolute Gasteiger partial charge is 0.493 e. The monoisotopic (exact) mass is 292 g/mol. The number of carbonyl (C=O) groups is 1. The number of likely N-dealkylation sites (N-methyl/N-ethyl adjacent to an activating group) is 1. The van der Waals surface area contributed by atoms with E-state index in [0.717, 1.165) is 37.3 Å². The van der Waals surface area contributed by atoms with Gasteiger partial charge in [0.05, 0.1) is 20.6 Å². The maximum absolute atomic E-state index is 12.4. The molecule has 116 valence electrons. The fourth-order valence-corrected chi connectivity index (χ4v) is 2.54. The zero-order chi connectivity index (χ0) is 15.4. The molecule has 5 heteroatoms. The van der Waals surface area contributed by atoms with Gasteiger partial charge in [0.15, 0.2) is 11.5 Å². The van der Waals surface area contributed by atoms with E-state index in [0.29, 0.717) is 17.9 Å². The highest BCUT2D eigenvalue weighted by molar-refractivity contribution is 5.79. The van der Waals surface area contributed by atoms with Crippen molar-refractivity contribution in [1.29, 1.82) is 0 Å². The van der Waals surface area contributed by atoms with Gasteiger partial charge >= 0.3 is 0 Å². The summed E-state index contributed by atoms with van der Waals surface area (Å²) in [6.07, 6.45) is 0.413. The lowest BCUT2D eigenvalue weighted by Gasteiger charge is -2.32. The van der Waals surface area contributed by atoms with Crippen molar-refractivity contribution in [2.24, 2.45) is 0 Å². The quantitative estimate of drug-likeness (QED) is 0.839. The first kappa shape index (κ1) is 15.6. The molecule has 0 spiro atoms. The molecular formula is C16H24N2O3. The number of nitrogens with zero attached hydrogens (tertiary/aromatic N) is 2. The van der Waals surface area contributed by atoms with Crippen molar-refractivity contribution in [1.82, 2.24) is 9.80 Å². The molecule has 0 bridgehead atoms. The summed E-state index contributed by atoms with van der Waals surface area (Å²) in [5, 5.41) is 0. The zero-order valence-corrected chi connectivity index (χ0v) is 13.3. The van der Waals surface area contributed by atoms with Crippen molar-refractivity contribution in [2.45, 2.75) is 13.3 Å². The number of benzene rings is 1. The van der Waals surface area contributed by atoms with Gasteiger partial charge in [0, 0.05) is 26.2 Å². The topological polar surface area (TPSA) is 42.0 Å². The number of hydrogen-bond acceptors (Lipinski definition) is 4. The van der Waals surface area contributed by atoms with E-state index >= 15 is 0 Å². The number of carbonyl (C=O) groups excluding carboxylic acids is 1. The molecule has 0 N–H and O–H groups in total. The third kappa shape index (κ3) is 3.67. The molecule has 21 heavy (non-hydrogen) atoms. The van der Waals surface area contributed by atoms with E-state index < -0.39 is 0 Å². The summed E-state index contributed by atoms with van der Waals surface area (Å²) in [4.78, 5) is 16.6. The van der Waals surface area contributed by atoms with Gasteiger partial charge in [-0.15, -0.1) is 0 Å². The van der Waals surface area contributed by atoms with Crippen molar-refractivity contribution >= 4 is 5.91 Å². The first-order chi connectivity index (χ1) is 10.0. The van der Waals surface area contributed by atoms with Crippen LogP contribution in [0.4, 0.5) is 0 Å². The Hall–Kier alpha value is -1.75. The van der Waals surface area contributed by atoms with E-state index in [1.807, 2.05) is 24.0 Å². The molecule has 1 aromatic carbocycles. The third-order valence-corrected chi connectivity index (χ3v) is 4.04. The Bertz CT molecular complexity index is 508. The maximum Gasteiger partial charge on any atom is 0.227 e. The molecule has 2 rings (SSSR count). The number of aryl methyl sites for hydroxylation is 1. The van der Waals surface area contributed by atoms with Crippen molar-refractivity contribution in [2.75, 3.05) is 47.4 Å². The van der Waals surface area contributed by atoms with Gasteiger partial charge in [-0.05, 0) is 37.2 Å². The lowest BCUT2D eigenvalue weighted by atomic mass is 10.0. The van der Waals surface area contributed by atoms with Gasteiger partial charge in [0.1, 0.15) is 0 Å². The second-order valence-corrected chi connectivity index (χ2v) is 5.49. The van der Waals surface area contributed by atoms with Crippen LogP contribution in [0.25, 0.3) is 0 Å². The Kier molecular flexibility index (Phi) is 5.07. The predicted molar refractivity (Wildman–Crippen MR) is 82.1 cm³/mol. The van der Waals surface area contributed by atoms with Gasteiger partial charge in [-0.2, -0.15) is 0 Å². The minimum absolute atomic E-state index is 0.179. The minimum Gasteiger partial charge on any atom is -0.493 e. The Morgan fingerprint density at radius 1 is 1.10 bits per heavy atom. The lowest BCUT2D eigenvalue weighted by molar-refractivity contribution is -0.132. The summed E-state index contributed by atoms with van der Waals surface area (Å²) in [5.74, 6) is 1.55. The van der Waals surface area contributed by atoms with Crippen LogP contribution in [0.1, 0.15) is 11.1 Å². The zero-order valence-electron chi connectivity index (χ0n) is 13.3. The molecule has 1 aliphatic rings. The summed E-state index contributed by atoms with van der Waals surface area (Å²) in [7, 11) is 5.31. The van der Waals surface area contributed by atoms with E-state index in [9.17, 15) is 4.79 Å². The van der Waals surface area contributed by atoms with Crippen LogP contribution in [0.15, 0.2) is 12.1 Å². The Labute approximate surface area is 126 Å². The first-order valence-corrected chi connectivity index (χ1v) is 7.23. The van der Waals surface area contributed by atoms with E-state index in [1.54, 1.807) is 14.2 Å². The van der Waals surface area contributed by atoms with Crippen LogP contribution >= 0.6 is 0 Å². The smallest absolute Gasteiger partial charge is 0.227 e. The number of piperazine rings is 1. The van der Waals surface area contributed by atoms with E-state index in [-0.39, 0.29) is 5.91 Å². The van der Waals surface area contributed by atoms with E-state index in [2.05, 4.69) is 11.9 Å². The molecule has 0 radical (unpaired) electrons. The average Bonchev–Trinajstić information content (AvgIpc) is 2.49. The molecule has 1 amide bonds. The SMILES string of the molecule is COc1cc(C)c(CC(=O)N2CCN(C)CC2)cc1OC. The fraction of sp³-hybridized carbons (Fsp3) is 0.562. The molecule has 5 nitrogen and oxygen atoms in total. The number of hydrogen-bond donors (Lipinski definition) is 0. The second kappa shape index (κ2) is 6.80. The molecule has 0 saturated carbocycles. The molecule has 1 aliphatic heterocycles. The summed E-state index contributed by atoms with van der Waals surface area (Å²) in [6.45, 7) is 5.49. The summed E-state index contributed by atoms with van der Waals surface area (Å²) >= 11 is 0. The number of amides is 1. The van der Waals surface area contributed by atoms with E-state index in [4.69, 9.17) is 9.47 Å². The standard InChI is InChI=1S/C16H24N2O3/c1-12-9-14(20-3)15(21-4)10-13(12)11-16(19)18-7-5-17(2)6-8-18/h9-10H,5-8,11H2,1-4H3. The van der Waals surface area contributed by atoms with Crippen LogP contribution in [0.2, 0.25) is 0 Å². The molecule has 0 unspecified atom stereocenters. The van der Waals surface area contributed by atoms with Gasteiger partial charge in [0.2, 0.25) is 5.91 Å². The van der Waals surface area contributed by atoms with Crippen molar-refractivity contribution < 1.29 is 14.3 Å². The Balaban J connectivity index is 2.10. The van der Waals surface area contributed by atoms with Gasteiger partial charge in [0.25, 0.3) is 0 Å². The van der Waals surface area contributed by atoms with Crippen LogP contribution in [-0.2, 0) is 11.2 Å². The molecule has 0 aromatic heterocycles. The first-order valence-electron chi connectivity index (χ1n) is 7.23. The second-order valence-electron chi connectivity index (χ2n) is 5.49. The van der Waals surface area contributed by atoms with Crippen LogP contribution < -0.4 is 9.47 Å². The van der Waals surface area contributed by atoms with Crippen molar-refractivity contribution in [3.63, 3.8) is 0 Å². The van der Waals surface area contributed by atoms with Crippen molar-refractivity contribution in [3.8, 4) is 11.5 Å². The number of methoxy groups -OCH3 is 2. The van der Waals surface area contributed by atoms with Crippen molar-refractivity contribution in [3.05, 3.63) is 23.3 Å². The van der Waals surface area contributed by atoms with Crippen LogP contribution in [-0.4, -0.2) is 63.2 Å². The Morgan fingerprint density at radius 3 is 2.24 bits per heavy atom. The summed E-state index contributed by atoms with van der Waals surface area (Å²) in [6, 6.07) is 3.83. The highest BCUT2D eigenvalue weighted by Crippen LogP contribution is 2.30. The summed E-state index contributed by atoms with van der Waals surface area (Å²) in [5.41, 5.74) is 2.05. The molecule has 1 aromatic rings. The Morgan fingerprint density at radius 2 is 1.67 bits per heavy atom. The van der Waals surface area contributed by atoms with Gasteiger partial charge in [-0.3, -0.25) is 4.79 Å². The predicted octanol–water partition coefficient (Wildman–Crippen LogP) is 1.33. The van der Waals surface area contributed by atoms with Crippen LogP contribution in [0, 0.1) is 6.92 Å². The number of ether oxygens (including phenoxy) is 2. The average molecular weight is 292 g/mol. The van der Waals surface area contributed by atoms with E-state index in [1.165, 1.54) is 0 Å². The molecule has 1 fully saturated rings. The maximum atomic E-state index is 12.4. The van der Waals surface area contributed by atoms with Gasteiger partial charge in [-0.25, -0.2) is 0 Å². The normalized spacial score (nSPS) is 15.9. The van der Waals surface area contributed by atoms with Gasteiger partial charge in [-0.1, -0.05) is 0 Å². The minimum atomic E-state index is 0.179. The fourth-order valence-electron chi connectivity index (χ4n) is 2.54. The molecule has 1 saturated heterocycles. The highest BCUT2D eigenvalue weighted by atomic mass is 16.5. The molecule has 0 aliphatic carbocycles. The van der Waals surface area contributed by atoms with Crippen LogP contribution in [0.3, 0.4) is 0 Å². The molecule has 0 atom stereocenters. The number of rotatable bonds is 4. The highest BCUT2D eigenvalue weighted by Gasteiger charge is 2.20. The molecule has 1 heterocycles. The summed E-state index contributed by atoms with van der Waals surface area (Å²) < 4.78 is 10.6. The molecular weight excluding hydrogens is 268 g/mol. The van der Waals surface area contributed by atoms with Gasteiger partial charge < -0.3 is 19.3 Å². The lowest BCUT2D eigenvalue weighted by Crippen LogP contribution is -2.47. The van der Waals surface area contributed by atoms with Crippen LogP contribution in [0.5, 0.6) is 11.5 Å². The third-order valence-electron chi connectivity index (χ3n) is 4.04.